The van der Waals surface area contributed by atoms with Crippen LogP contribution in [0.1, 0.15) is 41.2 Å². The second-order valence-corrected chi connectivity index (χ2v) is 7.84. The predicted octanol–water partition coefficient (Wildman–Crippen LogP) is 3.89. The molecule has 26 heavy (non-hydrogen) atoms. The number of carbonyl (C=O) groups is 1. The molecule has 1 heterocycles. The maximum Gasteiger partial charge on any atom is 0.254 e. The van der Waals surface area contributed by atoms with E-state index in [1.165, 1.54) is 6.07 Å². The predicted molar refractivity (Wildman–Crippen MR) is 109 cm³/mol. The van der Waals surface area contributed by atoms with Gasteiger partial charge in [0.2, 0.25) is 0 Å². The van der Waals surface area contributed by atoms with Gasteiger partial charge in [-0.25, -0.2) is 4.39 Å². The molecule has 1 amide bonds. The molecule has 2 aromatic rings. The van der Waals surface area contributed by atoms with Crippen molar-refractivity contribution in [3.8, 4) is 0 Å². The number of hydrazine groups is 1. The van der Waals surface area contributed by atoms with Crippen LogP contribution < -0.4 is 10.9 Å². The third kappa shape index (κ3) is 4.81. The van der Waals surface area contributed by atoms with Crippen LogP contribution in [0.5, 0.6) is 0 Å². The molecule has 3 rings (SSSR count). The van der Waals surface area contributed by atoms with Crippen LogP contribution >= 0.6 is 22.6 Å². The number of hydrogen-bond acceptors (Lipinski definition) is 3. The third-order valence-corrected chi connectivity index (χ3v) is 5.67. The first-order chi connectivity index (χ1) is 12.5. The zero-order valence-corrected chi connectivity index (χ0v) is 16.9. The summed E-state index contributed by atoms with van der Waals surface area (Å²) in [4.78, 5) is 14.3. The molecule has 4 nitrogen and oxygen atoms in total. The fraction of sp³-hybridized carbons (Fsp3) is 0.350. The van der Waals surface area contributed by atoms with Gasteiger partial charge in [-0.3, -0.25) is 15.6 Å². The Bertz CT molecular complexity index is 770. The molecule has 2 atom stereocenters. The van der Waals surface area contributed by atoms with Crippen molar-refractivity contribution in [3.05, 3.63) is 69.0 Å². The molecule has 0 bridgehead atoms. The first-order valence-electron chi connectivity index (χ1n) is 8.81. The van der Waals surface area contributed by atoms with Crippen LogP contribution in [0.4, 0.5) is 4.39 Å². The Hall–Kier alpha value is -1.51. The smallest absolute Gasteiger partial charge is 0.254 e. The molecule has 1 aliphatic rings. The van der Waals surface area contributed by atoms with Gasteiger partial charge in [0, 0.05) is 29.2 Å². The van der Waals surface area contributed by atoms with Gasteiger partial charge in [0.1, 0.15) is 5.82 Å². The minimum atomic E-state index is -0.205. The molecule has 1 fully saturated rings. The number of benzene rings is 2. The lowest BCUT2D eigenvalue weighted by atomic mass is 9.99. The van der Waals surface area contributed by atoms with Crippen LogP contribution in [-0.2, 0) is 0 Å². The molecular weight excluding hydrogens is 444 g/mol. The Morgan fingerprint density at radius 3 is 2.81 bits per heavy atom. The number of nitrogens with one attached hydrogen (secondary N) is 2. The van der Waals surface area contributed by atoms with Gasteiger partial charge in [0.15, 0.2) is 0 Å². The summed E-state index contributed by atoms with van der Waals surface area (Å²) in [5.74, 6) is -0.145. The molecule has 0 aromatic heterocycles. The molecule has 0 spiro atoms. The molecule has 2 N–H and O–H groups in total. The van der Waals surface area contributed by atoms with Crippen LogP contribution in [0.2, 0.25) is 0 Å². The van der Waals surface area contributed by atoms with E-state index in [0.717, 1.165) is 34.0 Å². The zero-order valence-electron chi connectivity index (χ0n) is 14.7. The zero-order chi connectivity index (χ0) is 18.5. The van der Waals surface area contributed by atoms with E-state index in [2.05, 4.69) is 33.4 Å². The van der Waals surface area contributed by atoms with E-state index in [4.69, 9.17) is 0 Å². The number of nitrogens with zero attached hydrogens (tertiary/aromatic N) is 1. The number of carbonyl (C=O) groups excluding carboxylic acids is 1. The Labute approximate surface area is 167 Å². The quantitative estimate of drug-likeness (QED) is 0.634. The van der Waals surface area contributed by atoms with Crippen LogP contribution in [0.25, 0.3) is 0 Å². The third-order valence-electron chi connectivity index (χ3n) is 4.73. The van der Waals surface area contributed by atoms with Crippen LogP contribution in [0.15, 0.2) is 48.5 Å². The molecule has 1 saturated heterocycles. The highest BCUT2D eigenvalue weighted by atomic mass is 127. The molecule has 1 aliphatic heterocycles. The average Bonchev–Trinajstić information content (AvgIpc) is 3.10. The number of rotatable bonds is 6. The Kier molecular flexibility index (Phi) is 6.61. The van der Waals surface area contributed by atoms with E-state index in [1.54, 1.807) is 17.0 Å². The lowest BCUT2D eigenvalue weighted by Crippen LogP contribution is -2.32. The second-order valence-electron chi connectivity index (χ2n) is 6.68. The molecule has 2 unspecified atom stereocenters. The minimum absolute atomic E-state index is 0.0603. The molecule has 138 valence electrons. The van der Waals surface area contributed by atoms with Crippen molar-refractivity contribution in [1.82, 2.24) is 15.8 Å². The maximum atomic E-state index is 13.4. The van der Waals surface area contributed by atoms with E-state index in [9.17, 15) is 9.18 Å². The molecule has 0 aliphatic carbocycles. The van der Waals surface area contributed by atoms with Crippen LogP contribution in [0, 0.1) is 9.39 Å². The lowest BCUT2D eigenvalue weighted by Gasteiger charge is -2.19. The van der Waals surface area contributed by atoms with Crippen LogP contribution in [0.3, 0.4) is 0 Å². The summed E-state index contributed by atoms with van der Waals surface area (Å²) in [5, 5.41) is 0. The van der Waals surface area contributed by atoms with Crippen molar-refractivity contribution in [2.75, 3.05) is 13.6 Å². The number of hydrogen-bond donors (Lipinski definition) is 2. The molecule has 0 saturated carbocycles. The minimum Gasteiger partial charge on any atom is -0.342 e. The summed E-state index contributed by atoms with van der Waals surface area (Å²) in [7, 11) is 1.85. The molecule has 2 aromatic carbocycles. The van der Waals surface area contributed by atoms with Gasteiger partial charge in [-0.1, -0.05) is 24.3 Å². The molecule has 0 radical (unpaired) electrons. The van der Waals surface area contributed by atoms with E-state index >= 15 is 0 Å². The largest absolute Gasteiger partial charge is 0.342 e. The first kappa shape index (κ1) is 19.3. The highest BCUT2D eigenvalue weighted by Crippen LogP contribution is 2.24. The van der Waals surface area contributed by atoms with E-state index in [-0.39, 0.29) is 17.8 Å². The molecular formula is C20H23FIN3O. The van der Waals surface area contributed by atoms with Crippen molar-refractivity contribution < 1.29 is 9.18 Å². The Morgan fingerprint density at radius 2 is 2.04 bits per heavy atom. The van der Waals surface area contributed by atoms with E-state index < -0.39 is 0 Å². The standard InChI is InChI=1S/C20H23FIN3O/c1-25(20(26)17-9-2-3-10-18(17)22)11-5-8-16-13-19(24-23-16)14-6-4-7-15(21)12-14/h2-4,6-7,9-10,12,16,19,23-24H,5,8,11,13H2,1H3. The van der Waals surface area contributed by atoms with Crippen molar-refractivity contribution in [2.24, 2.45) is 0 Å². The van der Waals surface area contributed by atoms with Crippen molar-refractivity contribution in [1.29, 1.82) is 0 Å². The summed E-state index contributed by atoms with van der Waals surface area (Å²) < 4.78 is 14.3. The average molecular weight is 467 g/mol. The van der Waals surface area contributed by atoms with Gasteiger partial charge >= 0.3 is 0 Å². The fourth-order valence-electron chi connectivity index (χ4n) is 3.27. The van der Waals surface area contributed by atoms with Crippen LogP contribution in [-0.4, -0.2) is 30.4 Å². The monoisotopic (exact) mass is 467 g/mol. The SMILES string of the molecule is CN(CCCC1CC(c2cccc(F)c2)NN1)C(=O)c1ccccc1I. The second kappa shape index (κ2) is 8.92. The normalized spacial score (nSPS) is 19.5. The number of halogens is 2. The Balaban J connectivity index is 1.45. The summed E-state index contributed by atoms with van der Waals surface area (Å²) in [6, 6.07) is 14.8. The summed E-state index contributed by atoms with van der Waals surface area (Å²) in [6.07, 6.45) is 2.79. The lowest BCUT2D eigenvalue weighted by molar-refractivity contribution is 0.0790. The first-order valence-corrected chi connectivity index (χ1v) is 9.89. The van der Waals surface area contributed by atoms with Gasteiger partial charge in [0.05, 0.1) is 5.56 Å². The molecule has 6 heteroatoms. The maximum absolute atomic E-state index is 13.4. The van der Waals surface area contributed by atoms with Gasteiger partial charge in [-0.05, 0) is 71.7 Å². The topological polar surface area (TPSA) is 44.4 Å². The van der Waals surface area contributed by atoms with Gasteiger partial charge < -0.3 is 4.90 Å². The number of amides is 1. The van der Waals surface area contributed by atoms with E-state index in [0.29, 0.717) is 12.6 Å². The van der Waals surface area contributed by atoms with Gasteiger partial charge in [-0.15, -0.1) is 0 Å². The Morgan fingerprint density at radius 1 is 1.23 bits per heavy atom. The summed E-state index contributed by atoms with van der Waals surface area (Å²) in [5.41, 5.74) is 8.25. The van der Waals surface area contributed by atoms with Crippen molar-refractivity contribution in [3.63, 3.8) is 0 Å². The van der Waals surface area contributed by atoms with Gasteiger partial charge in [-0.2, -0.15) is 0 Å². The highest BCUT2D eigenvalue weighted by Gasteiger charge is 2.25. The van der Waals surface area contributed by atoms with Crippen molar-refractivity contribution >= 4 is 28.5 Å². The summed E-state index contributed by atoms with van der Waals surface area (Å²) in [6.45, 7) is 0.715. The van der Waals surface area contributed by atoms with E-state index in [1.807, 2.05) is 37.4 Å². The van der Waals surface area contributed by atoms with Gasteiger partial charge in [0.25, 0.3) is 5.91 Å². The highest BCUT2D eigenvalue weighted by molar-refractivity contribution is 14.1. The summed E-state index contributed by atoms with van der Waals surface area (Å²) >= 11 is 2.20. The fourth-order valence-corrected chi connectivity index (χ4v) is 3.89. The van der Waals surface area contributed by atoms with Crippen molar-refractivity contribution in [2.45, 2.75) is 31.3 Å².